The zero-order chi connectivity index (χ0) is 49.8. The maximum atomic E-state index is 6.68. The van der Waals surface area contributed by atoms with E-state index in [9.17, 15) is 0 Å². The fourth-order valence-corrected chi connectivity index (χ4v) is 8.88. The normalized spacial score (nSPS) is 12.1. The van der Waals surface area contributed by atoms with Crippen molar-refractivity contribution in [1.29, 1.82) is 0 Å². The highest BCUT2D eigenvalue weighted by molar-refractivity contribution is 5.59. The van der Waals surface area contributed by atoms with Gasteiger partial charge >= 0.3 is 0 Å². The maximum absolute atomic E-state index is 6.68. The van der Waals surface area contributed by atoms with Crippen LogP contribution in [0, 0.1) is 0 Å². The van der Waals surface area contributed by atoms with E-state index in [2.05, 4.69) is 95.3 Å². The third-order valence-electron chi connectivity index (χ3n) is 13.0. The number of hydrogen-bond donors (Lipinski definition) is 0. The molecule has 10 aliphatic carbocycles. The molecule has 0 aliphatic heterocycles. The van der Waals surface area contributed by atoms with Gasteiger partial charge in [-0.2, -0.15) is 0 Å². The van der Waals surface area contributed by atoms with E-state index < -0.39 is 0 Å². The second-order valence-corrected chi connectivity index (χ2v) is 18.3. The van der Waals surface area contributed by atoms with Gasteiger partial charge in [0.2, 0.25) is 0 Å². The maximum Gasteiger partial charge on any atom is 0.123 e. The summed E-state index contributed by atoms with van der Waals surface area (Å²) >= 11 is 0. The molecular weight excluding hydrogens is 881 g/mol. The molecule has 0 aromatic heterocycles. The van der Waals surface area contributed by atoms with Crippen LogP contribution in [0.3, 0.4) is 0 Å². The molecule has 0 amide bonds. The third-order valence-corrected chi connectivity index (χ3v) is 13.0. The lowest BCUT2D eigenvalue weighted by Crippen LogP contribution is -2.08. The van der Waals surface area contributed by atoms with Gasteiger partial charge in [0, 0.05) is 87.7 Å². The summed E-state index contributed by atoms with van der Waals surface area (Å²) in [7, 11) is 8.66. The van der Waals surface area contributed by atoms with Crippen molar-refractivity contribution in [3.8, 4) is 57.5 Å². The Morgan fingerprint density at radius 2 is 0.386 bits per heavy atom. The first-order chi connectivity index (χ1) is 34.2. The Balaban J connectivity index is 1.65. The van der Waals surface area contributed by atoms with Crippen molar-refractivity contribution in [3.05, 3.63) is 116 Å². The molecule has 10 heteroatoms. The zero-order valence-electron chi connectivity index (χ0n) is 44.0. The topological polar surface area (TPSA) is 92.3 Å². The summed E-state index contributed by atoms with van der Waals surface area (Å²) < 4.78 is 64.5. The molecule has 0 heterocycles. The Hall–Kier alpha value is -5.90. The molecule has 380 valence electrons. The molecule has 0 spiro atoms. The van der Waals surface area contributed by atoms with Crippen molar-refractivity contribution in [1.82, 2.24) is 0 Å². The number of methoxy groups -OCH3 is 5. The van der Waals surface area contributed by atoms with Gasteiger partial charge in [-0.3, -0.25) is 0 Å². The van der Waals surface area contributed by atoms with Crippen LogP contribution < -0.4 is 47.4 Å². The standard InChI is InChI=1S/C60H80O10/c1-11-16-21-66-56-36-41-26-42-37-57(67-22-17-12-2)47(32-52(42)62-7)29-48-33-53(63-8)43(38-58(48)68-23-18-13-3)27-44-39-59(69-24-19-14-4)49(34-54(44)64-9)30-50-35-55(65-10)45(28-46(56)31-51(41)61-6)40-60(50)70-25-20-15-5/h31-40H,11-30H2,1-10H3. The lowest BCUT2D eigenvalue weighted by atomic mass is 9.94. The quantitative estimate of drug-likeness (QED) is 0.0517. The van der Waals surface area contributed by atoms with Gasteiger partial charge in [0.25, 0.3) is 0 Å². The highest BCUT2D eigenvalue weighted by Crippen LogP contribution is 2.43. The van der Waals surface area contributed by atoms with Gasteiger partial charge in [0.05, 0.1) is 68.6 Å². The van der Waals surface area contributed by atoms with E-state index in [1.807, 2.05) is 0 Å². The van der Waals surface area contributed by atoms with Gasteiger partial charge in [0.1, 0.15) is 57.5 Å². The molecule has 5 aromatic rings. The molecule has 5 aromatic carbocycles. The van der Waals surface area contributed by atoms with Crippen molar-refractivity contribution in [3.63, 3.8) is 0 Å². The van der Waals surface area contributed by atoms with Crippen LogP contribution in [0.1, 0.15) is 154 Å². The van der Waals surface area contributed by atoms with Crippen LogP contribution in [0.15, 0.2) is 60.7 Å². The van der Waals surface area contributed by atoms with Crippen LogP contribution in [0.2, 0.25) is 0 Å². The molecular formula is C60H80O10. The fourth-order valence-electron chi connectivity index (χ4n) is 8.88. The van der Waals surface area contributed by atoms with Gasteiger partial charge in [0.15, 0.2) is 0 Å². The highest BCUT2D eigenvalue weighted by atomic mass is 16.5. The van der Waals surface area contributed by atoms with E-state index in [-0.39, 0.29) is 0 Å². The van der Waals surface area contributed by atoms with Crippen LogP contribution in [0.4, 0.5) is 0 Å². The van der Waals surface area contributed by atoms with Crippen molar-refractivity contribution in [2.24, 2.45) is 0 Å². The lowest BCUT2D eigenvalue weighted by molar-refractivity contribution is 0.301. The Morgan fingerprint density at radius 3 is 0.529 bits per heavy atom. The molecule has 0 radical (unpaired) electrons. The molecule has 0 saturated carbocycles. The molecule has 0 fully saturated rings. The molecule has 0 atom stereocenters. The molecule has 10 nitrogen and oxygen atoms in total. The van der Waals surface area contributed by atoms with E-state index in [1.165, 1.54) is 0 Å². The number of rotatable bonds is 25. The van der Waals surface area contributed by atoms with Crippen molar-refractivity contribution in [2.75, 3.05) is 68.6 Å². The second kappa shape index (κ2) is 27.5. The SMILES string of the molecule is CCCCOc1cc2c(OC)cc1Cc1cc(OCCCC)c(cc1OC)Cc1cc(OC)c(cc1OCCCC)Cc1cc(OCCCC)c(cc1OC)Cc1cc(OC)c(cc1OCCCC)C2. The van der Waals surface area contributed by atoms with Crippen LogP contribution in [0.5, 0.6) is 57.5 Å². The first kappa shape index (κ1) is 53.5. The van der Waals surface area contributed by atoms with Crippen LogP contribution >= 0.6 is 0 Å². The summed E-state index contributed by atoms with van der Waals surface area (Å²) in [6, 6.07) is 21.3. The number of benzene rings is 5. The van der Waals surface area contributed by atoms with Crippen LogP contribution in [-0.4, -0.2) is 68.6 Å². The Kier molecular flexibility index (Phi) is 21.0. The Labute approximate surface area is 419 Å². The summed E-state index contributed by atoms with van der Waals surface area (Å²) in [4.78, 5) is 0. The van der Waals surface area contributed by atoms with Gasteiger partial charge in [-0.05, 0) is 92.8 Å². The monoisotopic (exact) mass is 961 g/mol. The fraction of sp³-hybridized carbons (Fsp3) is 0.500. The van der Waals surface area contributed by atoms with Gasteiger partial charge in [-0.15, -0.1) is 0 Å². The average Bonchev–Trinajstić information content (AvgIpc) is 3.36. The number of unbranched alkanes of at least 4 members (excludes halogenated alkanes) is 5. The lowest BCUT2D eigenvalue weighted by Gasteiger charge is -2.21. The minimum Gasteiger partial charge on any atom is -0.496 e. The average molecular weight is 961 g/mol. The second-order valence-electron chi connectivity index (χ2n) is 18.3. The van der Waals surface area contributed by atoms with Crippen LogP contribution in [0.25, 0.3) is 0 Å². The van der Waals surface area contributed by atoms with Gasteiger partial charge < -0.3 is 47.4 Å². The zero-order valence-corrected chi connectivity index (χ0v) is 44.0. The van der Waals surface area contributed by atoms with E-state index in [0.717, 1.165) is 177 Å². The van der Waals surface area contributed by atoms with E-state index >= 15 is 0 Å². The van der Waals surface area contributed by atoms with E-state index in [0.29, 0.717) is 65.1 Å². The third kappa shape index (κ3) is 13.9. The molecule has 10 aliphatic rings. The molecule has 0 N–H and O–H groups in total. The molecule has 70 heavy (non-hydrogen) atoms. The summed E-state index contributed by atoms with van der Waals surface area (Å²) in [5, 5.41) is 0. The number of hydrogen-bond acceptors (Lipinski definition) is 10. The highest BCUT2D eigenvalue weighted by Gasteiger charge is 2.24. The Morgan fingerprint density at radius 1 is 0.243 bits per heavy atom. The molecule has 0 saturated heterocycles. The smallest absolute Gasteiger partial charge is 0.123 e. The summed E-state index contributed by atoms with van der Waals surface area (Å²) in [5.41, 5.74) is 9.85. The summed E-state index contributed by atoms with van der Waals surface area (Å²) in [5.74, 6) is 7.82. The predicted molar refractivity (Wildman–Crippen MR) is 281 cm³/mol. The predicted octanol–water partition coefficient (Wildman–Crippen LogP) is 13.9. The van der Waals surface area contributed by atoms with E-state index in [1.54, 1.807) is 35.5 Å². The molecule has 0 unspecified atom stereocenters. The van der Waals surface area contributed by atoms with E-state index in [4.69, 9.17) is 47.4 Å². The minimum atomic E-state index is 0.524. The van der Waals surface area contributed by atoms with Crippen molar-refractivity contribution in [2.45, 2.75) is 131 Å². The van der Waals surface area contributed by atoms with Gasteiger partial charge in [-0.1, -0.05) is 66.7 Å². The molecule has 10 bridgehead atoms. The van der Waals surface area contributed by atoms with Crippen LogP contribution in [-0.2, 0) is 32.1 Å². The largest absolute Gasteiger partial charge is 0.496 e. The van der Waals surface area contributed by atoms with Crippen molar-refractivity contribution >= 4 is 0 Å². The molecule has 15 rings (SSSR count). The first-order valence-electron chi connectivity index (χ1n) is 25.9. The van der Waals surface area contributed by atoms with Crippen molar-refractivity contribution < 1.29 is 47.4 Å². The summed E-state index contributed by atoms with van der Waals surface area (Å²) in [6.07, 6.45) is 12.4. The first-order valence-corrected chi connectivity index (χ1v) is 25.9. The summed E-state index contributed by atoms with van der Waals surface area (Å²) in [6.45, 7) is 13.8. The minimum absolute atomic E-state index is 0.524. The Bertz CT molecular complexity index is 2440. The number of ether oxygens (including phenoxy) is 10. The van der Waals surface area contributed by atoms with Gasteiger partial charge in [-0.25, -0.2) is 0 Å².